The van der Waals surface area contributed by atoms with Gasteiger partial charge in [-0.15, -0.1) is 11.3 Å². The first-order valence-corrected chi connectivity index (χ1v) is 7.53. The average molecular weight is 326 g/mol. The third-order valence-electron chi connectivity index (χ3n) is 2.38. The molecule has 3 nitrogen and oxygen atoms in total. The molecule has 1 N–H and O–H groups in total. The Kier molecular flexibility index (Phi) is 4.86. The first-order chi connectivity index (χ1) is 8.65. The highest BCUT2D eigenvalue weighted by Gasteiger charge is 2.04. The highest BCUT2D eigenvalue weighted by molar-refractivity contribution is 9.11. The Hall–Kier alpha value is -0.780. The molecule has 18 heavy (non-hydrogen) atoms. The van der Waals surface area contributed by atoms with Crippen molar-refractivity contribution < 1.29 is 0 Å². The van der Waals surface area contributed by atoms with E-state index < -0.39 is 0 Å². The monoisotopic (exact) mass is 325 g/mol. The van der Waals surface area contributed by atoms with Crippen molar-refractivity contribution in [1.82, 2.24) is 15.3 Å². The van der Waals surface area contributed by atoms with Crippen LogP contribution >= 0.6 is 27.3 Å². The Morgan fingerprint density at radius 3 is 2.56 bits per heavy atom. The number of hydrogen-bond donors (Lipinski definition) is 1. The number of thiophene rings is 1. The van der Waals surface area contributed by atoms with Crippen molar-refractivity contribution in [3.05, 3.63) is 33.9 Å². The summed E-state index contributed by atoms with van der Waals surface area (Å²) in [5, 5.41) is 3.38. The maximum absolute atomic E-state index is 4.40. The summed E-state index contributed by atoms with van der Waals surface area (Å²) in [4.78, 5) is 9.88. The highest BCUT2D eigenvalue weighted by Crippen LogP contribution is 2.28. The van der Waals surface area contributed by atoms with Gasteiger partial charge in [0.15, 0.2) is 5.82 Å². The van der Waals surface area contributed by atoms with Gasteiger partial charge < -0.3 is 5.32 Å². The SMILES string of the molecule is CC(C)CNCc1cnc(-c2ccc(Br)s2)nc1. The van der Waals surface area contributed by atoms with Crippen molar-refractivity contribution in [2.24, 2.45) is 5.92 Å². The van der Waals surface area contributed by atoms with E-state index >= 15 is 0 Å². The second-order valence-corrected chi connectivity index (χ2v) is 7.01. The summed E-state index contributed by atoms with van der Waals surface area (Å²) < 4.78 is 1.10. The van der Waals surface area contributed by atoms with Crippen LogP contribution < -0.4 is 5.32 Å². The van der Waals surface area contributed by atoms with E-state index in [0.29, 0.717) is 5.92 Å². The predicted molar refractivity (Wildman–Crippen MR) is 79.6 cm³/mol. The Bertz CT molecular complexity index is 493. The van der Waals surface area contributed by atoms with Crippen molar-refractivity contribution >= 4 is 27.3 Å². The molecule has 0 spiro atoms. The van der Waals surface area contributed by atoms with Crippen LogP contribution in [0, 0.1) is 5.92 Å². The van der Waals surface area contributed by atoms with Gasteiger partial charge in [0.1, 0.15) is 0 Å². The standard InChI is InChI=1S/C13H16BrN3S/c1-9(2)5-15-6-10-7-16-13(17-8-10)11-3-4-12(14)18-11/h3-4,7-9,15H,5-6H2,1-2H3. The molecule has 0 bridgehead atoms. The molecule has 0 saturated heterocycles. The fourth-order valence-electron chi connectivity index (χ4n) is 1.51. The Labute approximate surface area is 120 Å². The van der Waals surface area contributed by atoms with Crippen LogP contribution in [-0.4, -0.2) is 16.5 Å². The summed E-state index contributed by atoms with van der Waals surface area (Å²) >= 11 is 5.09. The maximum Gasteiger partial charge on any atom is 0.169 e. The van der Waals surface area contributed by atoms with Crippen molar-refractivity contribution in [2.75, 3.05) is 6.54 Å². The first kappa shape index (κ1) is 13.6. The molecule has 0 aliphatic heterocycles. The van der Waals surface area contributed by atoms with Gasteiger partial charge in [0.2, 0.25) is 0 Å². The molecule has 0 aromatic carbocycles. The minimum absolute atomic E-state index is 0.661. The van der Waals surface area contributed by atoms with Crippen molar-refractivity contribution in [3.8, 4) is 10.7 Å². The molecule has 0 atom stereocenters. The molecule has 0 radical (unpaired) electrons. The fraction of sp³-hybridized carbons (Fsp3) is 0.385. The lowest BCUT2D eigenvalue weighted by Gasteiger charge is -2.06. The largest absolute Gasteiger partial charge is 0.312 e. The molecule has 5 heteroatoms. The van der Waals surface area contributed by atoms with Crippen LogP contribution in [-0.2, 0) is 6.54 Å². The number of nitrogens with one attached hydrogen (secondary N) is 1. The first-order valence-electron chi connectivity index (χ1n) is 5.92. The van der Waals surface area contributed by atoms with E-state index in [0.717, 1.165) is 33.1 Å². The van der Waals surface area contributed by atoms with Gasteiger partial charge in [0.25, 0.3) is 0 Å². The third kappa shape index (κ3) is 3.86. The van der Waals surface area contributed by atoms with Gasteiger partial charge in [-0.05, 0) is 40.5 Å². The summed E-state index contributed by atoms with van der Waals surface area (Å²) in [6.07, 6.45) is 3.78. The average Bonchev–Trinajstić information content (AvgIpc) is 2.76. The number of rotatable bonds is 5. The Balaban J connectivity index is 1.97. The van der Waals surface area contributed by atoms with Crippen LogP contribution in [0.15, 0.2) is 28.3 Å². The van der Waals surface area contributed by atoms with E-state index in [9.17, 15) is 0 Å². The Morgan fingerprint density at radius 1 is 1.28 bits per heavy atom. The van der Waals surface area contributed by atoms with Crippen LogP contribution in [0.2, 0.25) is 0 Å². The summed E-state index contributed by atoms with van der Waals surface area (Å²) in [6.45, 7) is 6.23. The van der Waals surface area contributed by atoms with Crippen molar-refractivity contribution in [2.45, 2.75) is 20.4 Å². The molecular formula is C13H16BrN3S. The number of aromatic nitrogens is 2. The molecule has 2 aromatic heterocycles. The molecule has 0 saturated carbocycles. The lowest BCUT2D eigenvalue weighted by atomic mass is 10.2. The van der Waals surface area contributed by atoms with Gasteiger partial charge in [-0.25, -0.2) is 9.97 Å². The summed E-state index contributed by atoms with van der Waals surface area (Å²) in [5.41, 5.74) is 1.12. The summed E-state index contributed by atoms with van der Waals surface area (Å²) in [6, 6.07) is 4.04. The third-order valence-corrected chi connectivity index (χ3v) is 4.00. The van der Waals surface area contributed by atoms with Gasteiger partial charge in [-0.2, -0.15) is 0 Å². The van der Waals surface area contributed by atoms with E-state index in [-0.39, 0.29) is 0 Å². The topological polar surface area (TPSA) is 37.8 Å². The van der Waals surface area contributed by atoms with Crippen molar-refractivity contribution in [3.63, 3.8) is 0 Å². The molecule has 2 rings (SSSR count). The number of halogens is 1. The smallest absolute Gasteiger partial charge is 0.169 e. The van der Waals surface area contributed by atoms with Crippen molar-refractivity contribution in [1.29, 1.82) is 0 Å². The van der Waals surface area contributed by atoms with Gasteiger partial charge in [-0.3, -0.25) is 0 Å². The van der Waals surface area contributed by atoms with E-state index in [1.807, 2.05) is 24.5 Å². The molecule has 0 fully saturated rings. The molecular weight excluding hydrogens is 310 g/mol. The van der Waals surface area contributed by atoms with E-state index in [1.54, 1.807) is 11.3 Å². The minimum Gasteiger partial charge on any atom is -0.312 e. The van der Waals surface area contributed by atoms with Gasteiger partial charge in [0.05, 0.1) is 8.66 Å². The van der Waals surface area contributed by atoms with Crippen LogP contribution in [0.25, 0.3) is 10.7 Å². The molecule has 2 heterocycles. The van der Waals surface area contributed by atoms with Gasteiger partial charge >= 0.3 is 0 Å². The zero-order valence-electron chi connectivity index (χ0n) is 10.5. The highest BCUT2D eigenvalue weighted by atomic mass is 79.9. The lowest BCUT2D eigenvalue weighted by Crippen LogP contribution is -2.19. The maximum atomic E-state index is 4.40. The van der Waals surface area contributed by atoms with Gasteiger partial charge in [0, 0.05) is 24.5 Å². The minimum atomic E-state index is 0.661. The van der Waals surface area contributed by atoms with Crippen LogP contribution in [0.3, 0.4) is 0 Å². The normalized spacial score (nSPS) is 11.1. The van der Waals surface area contributed by atoms with Crippen LogP contribution in [0.4, 0.5) is 0 Å². The second kappa shape index (κ2) is 6.41. The fourth-order valence-corrected chi connectivity index (χ4v) is 2.85. The van der Waals surface area contributed by atoms with E-state index in [1.165, 1.54) is 0 Å². The predicted octanol–water partition coefficient (Wildman–Crippen LogP) is 3.71. The summed E-state index contributed by atoms with van der Waals surface area (Å²) in [5.74, 6) is 1.45. The molecule has 2 aromatic rings. The molecule has 0 aliphatic rings. The van der Waals surface area contributed by atoms with Gasteiger partial charge in [-0.1, -0.05) is 13.8 Å². The number of hydrogen-bond acceptors (Lipinski definition) is 4. The van der Waals surface area contributed by atoms with E-state index in [4.69, 9.17) is 0 Å². The molecule has 96 valence electrons. The molecule has 0 amide bonds. The zero-order chi connectivity index (χ0) is 13.0. The van der Waals surface area contributed by atoms with E-state index in [2.05, 4.69) is 45.1 Å². The Morgan fingerprint density at radius 2 is 2.00 bits per heavy atom. The summed E-state index contributed by atoms with van der Waals surface area (Å²) in [7, 11) is 0. The second-order valence-electron chi connectivity index (χ2n) is 4.54. The van der Waals surface area contributed by atoms with Crippen LogP contribution in [0.5, 0.6) is 0 Å². The zero-order valence-corrected chi connectivity index (χ0v) is 12.9. The molecule has 0 unspecified atom stereocenters. The lowest BCUT2D eigenvalue weighted by molar-refractivity contribution is 0.551. The quantitative estimate of drug-likeness (QED) is 0.910. The van der Waals surface area contributed by atoms with Crippen LogP contribution in [0.1, 0.15) is 19.4 Å². The number of nitrogens with zero attached hydrogens (tertiary/aromatic N) is 2. The molecule has 0 aliphatic carbocycles.